The van der Waals surface area contributed by atoms with Gasteiger partial charge in [0.05, 0.1) is 12.3 Å². The van der Waals surface area contributed by atoms with Gasteiger partial charge in [-0.25, -0.2) is 9.78 Å². The van der Waals surface area contributed by atoms with Crippen LogP contribution in [-0.4, -0.2) is 35.4 Å². The minimum Gasteiger partial charge on any atom is -0.493 e. The molecular formula is C34H33NO5. The summed E-state index contributed by atoms with van der Waals surface area (Å²) < 4.78 is 17.8. The second-order valence-corrected chi connectivity index (χ2v) is 9.73. The Morgan fingerprint density at radius 2 is 1.52 bits per heavy atom. The average Bonchev–Trinajstić information content (AvgIpc) is 3.36. The van der Waals surface area contributed by atoms with E-state index >= 15 is 0 Å². The molecule has 0 radical (unpaired) electrons. The van der Waals surface area contributed by atoms with Crippen molar-refractivity contribution in [3.05, 3.63) is 108 Å². The van der Waals surface area contributed by atoms with Gasteiger partial charge < -0.3 is 19.0 Å². The Bertz CT molecular complexity index is 1570. The number of hydrogen-bond donors (Lipinski definition) is 1. The second kappa shape index (κ2) is 12.6. The minimum atomic E-state index is -0.952. The Hall–Kier alpha value is -4.42. The van der Waals surface area contributed by atoms with Gasteiger partial charge in [-0.3, -0.25) is 0 Å². The van der Waals surface area contributed by atoms with Gasteiger partial charge in [-0.2, -0.15) is 0 Å². The van der Waals surface area contributed by atoms with Crippen LogP contribution in [0.25, 0.3) is 33.4 Å². The van der Waals surface area contributed by atoms with E-state index in [1.165, 1.54) is 5.56 Å². The van der Waals surface area contributed by atoms with E-state index in [9.17, 15) is 9.90 Å². The van der Waals surface area contributed by atoms with Crippen LogP contribution >= 0.6 is 0 Å². The number of aromatic nitrogens is 1. The minimum absolute atomic E-state index is 0.295. The topological polar surface area (TPSA) is 81.8 Å². The quantitative estimate of drug-likeness (QED) is 0.178. The first-order valence-electron chi connectivity index (χ1n) is 13.6. The predicted octanol–water partition coefficient (Wildman–Crippen LogP) is 7.51. The fraction of sp³-hybridized carbons (Fsp3) is 0.235. The zero-order chi connectivity index (χ0) is 27.9. The Kier molecular flexibility index (Phi) is 8.57. The van der Waals surface area contributed by atoms with Gasteiger partial charge in [0.1, 0.15) is 11.5 Å². The summed E-state index contributed by atoms with van der Waals surface area (Å²) in [6, 6.07) is 30.2. The van der Waals surface area contributed by atoms with Gasteiger partial charge in [0.25, 0.3) is 0 Å². The summed E-state index contributed by atoms with van der Waals surface area (Å²) in [5.74, 6) is 1.17. The zero-order valence-corrected chi connectivity index (χ0v) is 22.8. The molecule has 0 aliphatic carbocycles. The molecule has 1 heterocycles. The number of nitrogens with zero attached hydrogens (tertiary/aromatic N) is 1. The van der Waals surface area contributed by atoms with Crippen LogP contribution in [0.15, 0.2) is 95.4 Å². The molecule has 0 bridgehead atoms. The zero-order valence-electron chi connectivity index (χ0n) is 22.8. The van der Waals surface area contributed by atoms with E-state index in [0.717, 1.165) is 51.1 Å². The maximum atomic E-state index is 11.7. The standard InChI is InChI=1S/C34H33NO5/c1-3-20-38-32(34(36)37)22-27-17-18-31(29-12-8-7-11-28(27)29)39-21-19-30-23(2)40-33(35-30)26-15-13-25(14-16-26)24-9-5-4-6-10-24/h4-18,32H,3,19-22H2,1-2H3,(H,36,37). The lowest BCUT2D eigenvalue weighted by atomic mass is 9.99. The largest absolute Gasteiger partial charge is 0.493 e. The number of rotatable bonds is 12. The van der Waals surface area contributed by atoms with E-state index in [2.05, 4.69) is 24.3 Å². The number of fused-ring (bicyclic) bond motifs is 1. The Balaban J connectivity index is 1.26. The SMILES string of the molecule is CCCOC(Cc1ccc(OCCc2nc(-c3ccc(-c4ccccc4)cc3)oc2C)c2ccccc12)C(=O)O. The lowest BCUT2D eigenvalue weighted by Crippen LogP contribution is -2.26. The molecule has 1 aromatic heterocycles. The molecule has 6 heteroatoms. The fourth-order valence-corrected chi connectivity index (χ4v) is 4.79. The van der Waals surface area contributed by atoms with Crippen molar-refractivity contribution in [2.75, 3.05) is 13.2 Å². The van der Waals surface area contributed by atoms with Crippen molar-refractivity contribution in [3.63, 3.8) is 0 Å². The van der Waals surface area contributed by atoms with Crippen LogP contribution in [-0.2, 0) is 22.4 Å². The third-order valence-electron chi connectivity index (χ3n) is 6.91. The van der Waals surface area contributed by atoms with Gasteiger partial charge >= 0.3 is 5.97 Å². The summed E-state index contributed by atoms with van der Waals surface area (Å²) in [5.41, 5.74) is 5.02. The highest BCUT2D eigenvalue weighted by molar-refractivity contribution is 5.91. The lowest BCUT2D eigenvalue weighted by molar-refractivity contribution is -0.150. The summed E-state index contributed by atoms with van der Waals surface area (Å²) in [7, 11) is 0. The van der Waals surface area contributed by atoms with Gasteiger partial charge in [0.15, 0.2) is 6.10 Å². The number of ether oxygens (including phenoxy) is 2. The number of aryl methyl sites for hydroxylation is 1. The number of oxazole rings is 1. The highest BCUT2D eigenvalue weighted by Crippen LogP contribution is 2.30. The van der Waals surface area contributed by atoms with Crippen molar-refractivity contribution in [1.29, 1.82) is 0 Å². The van der Waals surface area contributed by atoms with Crippen molar-refractivity contribution < 1.29 is 23.8 Å². The van der Waals surface area contributed by atoms with Crippen LogP contribution in [0.3, 0.4) is 0 Å². The van der Waals surface area contributed by atoms with E-state index in [1.807, 2.05) is 80.6 Å². The van der Waals surface area contributed by atoms with Gasteiger partial charge in [0.2, 0.25) is 5.89 Å². The third kappa shape index (κ3) is 6.24. The number of benzene rings is 4. The fourth-order valence-electron chi connectivity index (χ4n) is 4.79. The van der Waals surface area contributed by atoms with Gasteiger partial charge in [-0.05, 0) is 53.6 Å². The molecule has 0 aliphatic rings. The molecule has 6 nitrogen and oxygen atoms in total. The first kappa shape index (κ1) is 27.2. The predicted molar refractivity (Wildman–Crippen MR) is 157 cm³/mol. The van der Waals surface area contributed by atoms with Crippen LogP contribution in [0.4, 0.5) is 0 Å². The smallest absolute Gasteiger partial charge is 0.333 e. The molecule has 0 spiro atoms. The van der Waals surface area contributed by atoms with E-state index in [-0.39, 0.29) is 0 Å². The average molecular weight is 536 g/mol. The molecule has 0 saturated carbocycles. The molecule has 1 N–H and O–H groups in total. The molecule has 1 atom stereocenters. The molecule has 204 valence electrons. The first-order valence-corrected chi connectivity index (χ1v) is 13.6. The van der Waals surface area contributed by atoms with Crippen LogP contribution in [0, 0.1) is 6.92 Å². The van der Waals surface area contributed by atoms with Crippen molar-refractivity contribution in [3.8, 4) is 28.3 Å². The van der Waals surface area contributed by atoms with Gasteiger partial charge in [-0.1, -0.05) is 79.7 Å². The van der Waals surface area contributed by atoms with Crippen LogP contribution in [0.5, 0.6) is 5.75 Å². The van der Waals surface area contributed by atoms with Crippen LogP contribution in [0.1, 0.15) is 30.4 Å². The Morgan fingerprint density at radius 1 is 0.850 bits per heavy atom. The maximum Gasteiger partial charge on any atom is 0.333 e. The molecule has 40 heavy (non-hydrogen) atoms. The Labute approximate surface area is 234 Å². The molecular weight excluding hydrogens is 502 g/mol. The molecule has 5 aromatic rings. The summed E-state index contributed by atoms with van der Waals surface area (Å²) >= 11 is 0. The van der Waals surface area contributed by atoms with E-state index in [1.54, 1.807) is 0 Å². The van der Waals surface area contributed by atoms with Crippen LogP contribution in [0.2, 0.25) is 0 Å². The summed E-state index contributed by atoms with van der Waals surface area (Å²) in [4.78, 5) is 16.5. The van der Waals surface area contributed by atoms with Crippen molar-refractivity contribution >= 4 is 16.7 Å². The molecule has 1 unspecified atom stereocenters. The van der Waals surface area contributed by atoms with Gasteiger partial charge in [0, 0.05) is 30.4 Å². The number of carboxylic acids is 1. The van der Waals surface area contributed by atoms with E-state index < -0.39 is 12.1 Å². The highest BCUT2D eigenvalue weighted by atomic mass is 16.5. The normalized spacial score (nSPS) is 11.9. The highest BCUT2D eigenvalue weighted by Gasteiger charge is 2.20. The second-order valence-electron chi connectivity index (χ2n) is 9.73. The number of hydrogen-bond acceptors (Lipinski definition) is 5. The molecule has 4 aromatic carbocycles. The third-order valence-corrected chi connectivity index (χ3v) is 6.91. The van der Waals surface area contributed by atoms with E-state index in [0.29, 0.717) is 31.9 Å². The first-order chi connectivity index (χ1) is 19.5. The number of carbonyl (C=O) groups is 1. The van der Waals surface area contributed by atoms with Crippen LogP contribution < -0.4 is 4.74 Å². The summed E-state index contributed by atoms with van der Waals surface area (Å²) in [5, 5.41) is 11.5. The molecule has 5 rings (SSSR count). The molecule has 0 fully saturated rings. The summed E-state index contributed by atoms with van der Waals surface area (Å²) in [6.45, 7) is 4.73. The maximum absolute atomic E-state index is 11.7. The van der Waals surface area contributed by atoms with Crippen molar-refractivity contribution in [1.82, 2.24) is 4.98 Å². The van der Waals surface area contributed by atoms with E-state index in [4.69, 9.17) is 18.9 Å². The van der Waals surface area contributed by atoms with Gasteiger partial charge in [-0.15, -0.1) is 0 Å². The van der Waals surface area contributed by atoms with Crippen molar-refractivity contribution in [2.45, 2.75) is 39.2 Å². The van der Waals surface area contributed by atoms with Crippen molar-refractivity contribution in [2.24, 2.45) is 0 Å². The monoisotopic (exact) mass is 535 g/mol. The molecule has 0 saturated heterocycles. The molecule has 0 amide bonds. The summed E-state index contributed by atoms with van der Waals surface area (Å²) in [6.07, 6.45) is 0.779. The lowest BCUT2D eigenvalue weighted by Gasteiger charge is -2.16. The Morgan fingerprint density at radius 3 is 2.25 bits per heavy atom. The number of aliphatic carboxylic acids is 1. The number of carboxylic acid groups (broad SMARTS) is 1. The molecule has 0 aliphatic heterocycles.